The van der Waals surface area contributed by atoms with Crippen LogP contribution in [-0.2, 0) is 9.53 Å². The second kappa shape index (κ2) is 5.41. The van der Waals surface area contributed by atoms with Gasteiger partial charge < -0.3 is 4.74 Å². The normalized spacial score (nSPS) is 16.5. The predicted molar refractivity (Wildman–Crippen MR) is 72.9 cm³/mol. The molecule has 0 saturated heterocycles. The molecule has 0 radical (unpaired) electrons. The Morgan fingerprint density at radius 2 is 1.41 bits per heavy atom. The third-order valence-corrected chi connectivity index (χ3v) is 5.07. The summed E-state index contributed by atoms with van der Waals surface area (Å²) in [7, 11) is 0. The molecule has 0 aliphatic carbocycles. The van der Waals surface area contributed by atoms with Crippen molar-refractivity contribution in [1.82, 2.24) is 0 Å². The minimum Gasteiger partial charge on any atom is -0.459 e. The minimum absolute atomic E-state index is 0.0282. The van der Waals surface area contributed by atoms with Crippen molar-refractivity contribution >= 4 is 5.97 Å². The lowest BCUT2D eigenvalue weighted by Gasteiger charge is -2.52. The maximum Gasteiger partial charge on any atom is 0.306 e. The molecule has 2 nitrogen and oxygen atoms in total. The standard InChI is InChI=1S/C15H30O2/c1-9-12(16)17-14(6,7)15(8,11-3)13(4,5)10-2/h9-11H2,1-8H3. The summed E-state index contributed by atoms with van der Waals surface area (Å²) in [6.07, 6.45) is 2.51. The first-order valence-corrected chi connectivity index (χ1v) is 6.79. The molecule has 0 N–H and O–H groups in total. The van der Waals surface area contributed by atoms with Gasteiger partial charge in [0.1, 0.15) is 5.60 Å². The number of carbonyl (C=O) groups is 1. The third kappa shape index (κ3) is 3.02. The van der Waals surface area contributed by atoms with Crippen LogP contribution in [0.2, 0.25) is 0 Å². The highest BCUT2D eigenvalue weighted by Gasteiger charge is 2.51. The van der Waals surface area contributed by atoms with Crippen molar-refractivity contribution in [2.45, 2.75) is 80.3 Å². The smallest absolute Gasteiger partial charge is 0.306 e. The first-order valence-electron chi connectivity index (χ1n) is 6.79. The van der Waals surface area contributed by atoms with E-state index in [0.717, 1.165) is 12.8 Å². The highest BCUT2D eigenvalue weighted by Crippen LogP contribution is 2.52. The molecule has 0 aromatic carbocycles. The van der Waals surface area contributed by atoms with E-state index in [-0.39, 0.29) is 16.8 Å². The average molecular weight is 242 g/mol. The SMILES string of the molecule is CCC(=O)OC(C)(C)C(C)(CC)C(C)(C)CC. The second-order valence-corrected chi connectivity index (χ2v) is 6.26. The summed E-state index contributed by atoms with van der Waals surface area (Å²) in [5.41, 5.74) is -0.326. The van der Waals surface area contributed by atoms with Crippen molar-refractivity contribution in [2.75, 3.05) is 0 Å². The molecule has 102 valence electrons. The second-order valence-electron chi connectivity index (χ2n) is 6.26. The zero-order chi connectivity index (χ0) is 13.9. The molecule has 2 heteroatoms. The summed E-state index contributed by atoms with van der Waals surface area (Å²) in [5.74, 6) is -0.110. The van der Waals surface area contributed by atoms with Crippen molar-refractivity contribution in [3.05, 3.63) is 0 Å². The molecule has 0 heterocycles. The lowest BCUT2D eigenvalue weighted by atomic mass is 9.56. The monoisotopic (exact) mass is 242 g/mol. The minimum atomic E-state index is -0.436. The van der Waals surface area contributed by atoms with Gasteiger partial charge in [0.25, 0.3) is 0 Å². The van der Waals surface area contributed by atoms with Gasteiger partial charge in [-0.2, -0.15) is 0 Å². The van der Waals surface area contributed by atoms with Gasteiger partial charge in [0.05, 0.1) is 0 Å². The summed E-state index contributed by atoms with van der Waals surface area (Å²) < 4.78 is 5.69. The van der Waals surface area contributed by atoms with Crippen LogP contribution in [0.25, 0.3) is 0 Å². The fourth-order valence-electron chi connectivity index (χ4n) is 2.58. The molecule has 1 unspecified atom stereocenters. The number of rotatable bonds is 6. The Kier molecular flexibility index (Phi) is 5.24. The maximum atomic E-state index is 11.6. The summed E-state index contributed by atoms with van der Waals surface area (Å²) >= 11 is 0. The van der Waals surface area contributed by atoms with E-state index in [2.05, 4.69) is 34.6 Å². The van der Waals surface area contributed by atoms with Crippen molar-refractivity contribution in [2.24, 2.45) is 10.8 Å². The number of carbonyl (C=O) groups excluding carboxylic acids is 1. The van der Waals surface area contributed by atoms with Gasteiger partial charge in [-0.15, -0.1) is 0 Å². The van der Waals surface area contributed by atoms with Crippen LogP contribution in [-0.4, -0.2) is 11.6 Å². The van der Waals surface area contributed by atoms with E-state index in [1.54, 1.807) is 0 Å². The largest absolute Gasteiger partial charge is 0.459 e. The molecule has 0 rings (SSSR count). The van der Waals surface area contributed by atoms with Crippen LogP contribution in [0.1, 0.15) is 74.7 Å². The molecule has 0 saturated carbocycles. The average Bonchev–Trinajstić information content (AvgIpc) is 2.26. The highest BCUT2D eigenvalue weighted by atomic mass is 16.6. The Bertz CT molecular complexity index is 266. The van der Waals surface area contributed by atoms with Gasteiger partial charge in [0, 0.05) is 11.8 Å². The van der Waals surface area contributed by atoms with E-state index >= 15 is 0 Å². The molecule has 0 spiro atoms. The van der Waals surface area contributed by atoms with Crippen LogP contribution >= 0.6 is 0 Å². The summed E-state index contributed by atoms with van der Waals surface area (Å²) in [5, 5.41) is 0. The van der Waals surface area contributed by atoms with Gasteiger partial charge in [0.15, 0.2) is 0 Å². The zero-order valence-corrected chi connectivity index (χ0v) is 12.9. The van der Waals surface area contributed by atoms with Gasteiger partial charge in [-0.3, -0.25) is 4.79 Å². The van der Waals surface area contributed by atoms with Crippen LogP contribution in [0.15, 0.2) is 0 Å². The summed E-state index contributed by atoms with van der Waals surface area (Å²) in [6, 6.07) is 0. The van der Waals surface area contributed by atoms with Gasteiger partial charge in [-0.25, -0.2) is 0 Å². The maximum absolute atomic E-state index is 11.6. The topological polar surface area (TPSA) is 26.3 Å². The van der Waals surface area contributed by atoms with Crippen molar-refractivity contribution in [3.63, 3.8) is 0 Å². The Morgan fingerprint density at radius 1 is 0.941 bits per heavy atom. The molecule has 0 aliphatic heterocycles. The quantitative estimate of drug-likeness (QED) is 0.638. The number of hydrogen-bond acceptors (Lipinski definition) is 2. The van der Waals surface area contributed by atoms with Gasteiger partial charge >= 0.3 is 5.97 Å². The third-order valence-electron chi connectivity index (χ3n) is 5.07. The Morgan fingerprint density at radius 3 is 1.71 bits per heavy atom. The van der Waals surface area contributed by atoms with E-state index in [0.29, 0.717) is 6.42 Å². The van der Waals surface area contributed by atoms with Gasteiger partial charge in [0.2, 0.25) is 0 Å². The van der Waals surface area contributed by atoms with Crippen molar-refractivity contribution in [1.29, 1.82) is 0 Å². The van der Waals surface area contributed by atoms with Crippen LogP contribution in [0.4, 0.5) is 0 Å². The van der Waals surface area contributed by atoms with Crippen LogP contribution in [0, 0.1) is 10.8 Å². The lowest BCUT2D eigenvalue weighted by molar-refractivity contribution is -0.183. The van der Waals surface area contributed by atoms with Gasteiger partial charge in [-0.05, 0) is 25.7 Å². The van der Waals surface area contributed by atoms with E-state index < -0.39 is 5.60 Å². The number of ether oxygens (including phenoxy) is 1. The lowest BCUT2D eigenvalue weighted by Crippen LogP contribution is -2.53. The predicted octanol–water partition coefficient (Wildman–Crippen LogP) is 4.57. The van der Waals surface area contributed by atoms with Crippen molar-refractivity contribution in [3.8, 4) is 0 Å². The molecule has 1 atom stereocenters. The van der Waals surface area contributed by atoms with Gasteiger partial charge in [-0.1, -0.05) is 48.0 Å². The molecule has 0 fully saturated rings. The highest BCUT2D eigenvalue weighted by molar-refractivity contribution is 5.69. The number of esters is 1. The summed E-state index contributed by atoms with van der Waals surface area (Å²) in [4.78, 5) is 11.6. The molecule has 0 amide bonds. The fourth-order valence-corrected chi connectivity index (χ4v) is 2.58. The number of hydrogen-bond donors (Lipinski definition) is 0. The van der Waals surface area contributed by atoms with Crippen LogP contribution < -0.4 is 0 Å². The Balaban J connectivity index is 5.28. The van der Waals surface area contributed by atoms with Crippen LogP contribution in [0.3, 0.4) is 0 Å². The van der Waals surface area contributed by atoms with E-state index in [1.165, 1.54) is 0 Å². The van der Waals surface area contributed by atoms with E-state index in [9.17, 15) is 4.79 Å². The van der Waals surface area contributed by atoms with Crippen LogP contribution in [0.5, 0.6) is 0 Å². The fraction of sp³-hybridized carbons (Fsp3) is 0.933. The Hall–Kier alpha value is -0.530. The zero-order valence-electron chi connectivity index (χ0n) is 12.9. The van der Waals surface area contributed by atoms with Crippen molar-refractivity contribution < 1.29 is 9.53 Å². The molecule has 0 aromatic rings. The molecule has 0 aromatic heterocycles. The Labute approximate surface area is 107 Å². The first-order chi connectivity index (χ1) is 7.58. The first kappa shape index (κ1) is 16.5. The summed E-state index contributed by atoms with van der Waals surface area (Å²) in [6.45, 7) is 17.1. The van der Waals surface area contributed by atoms with E-state index in [4.69, 9.17) is 4.74 Å². The molecular weight excluding hydrogens is 212 g/mol. The molecular formula is C15H30O2. The molecule has 17 heavy (non-hydrogen) atoms. The van der Waals surface area contributed by atoms with E-state index in [1.807, 2.05) is 20.8 Å². The molecule has 0 bridgehead atoms. The molecule has 0 aliphatic rings.